The number of hydrogen-bond acceptors (Lipinski definition) is 5. The van der Waals surface area contributed by atoms with Crippen LogP contribution in [0.5, 0.6) is 5.75 Å². The summed E-state index contributed by atoms with van der Waals surface area (Å²) in [6.45, 7) is 3.86. The van der Waals surface area contributed by atoms with Crippen LogP contribution in [0.15, 0.2) is 23.1 Å². The van der Waals surface area contributed by atoms with E-state index in [0.717, 1.165) is 0 Å². The molecule has 1 aromatic carbocycles. The fourth-order valence-electron chi connectivity index (χ4n) is 1.72. The Kier molecular flexibility index (Phi) is 7.77. The van der Waals surface area contributed by atoms with Gasteiger partial charge >= 0.3 is 0 Å². The number of hydrogen-bond donors (Lipinski definition) is 3. The molecule has 0 spiro atoms. The van der Waals surface area contributed by atoms with Crippen LogP contribution in [-0.2, 0) is 14.8 Å². The van der Waals surface area contributed by atoms with E-state index in [9.17, 15) is 13.2 Å². The Morgan fingerprint density at radius 3 is 2.70 bits per heavy atom. The second-order valence-corrected chi connectivity index (χ2v) is 6.86. The lowest BCUT2D eigenvalue weighted by Crippen LogP contribution is -2.45. The molecule has 0 aliphatic heterocycles. The smallest absolute Gasteiger partial charge is 0.241 e. The first-order chi connectivity index (χ1) is 10.8. The number of aliphatic hydroxyl groups excluding tert-OH is 1. The van der Waals surface area contributed by atoms with Crippen LogP contribution in [0.4, 0.5) is 0 Å². The molecule has 1 amide bonds. The highest BCUT2D eigenvalue weighted by Gasteiger charge is 2.22. The first-order valence-corrected chi connectivity index (χ1v) is 9.01. The molecule has 0 aliphatic carbocycles. The van der Waals surface area contributed by atoms with Crippen LogP contribution in [0.3, 0.4) is 0 Å². The Balaban J connectivity index is 2.78. The molecule has 1 atom stereocenters. The highest BCUT2D eigenvalue weighted by atomic mass is 35.5. The van der Waals surface area contributed by atoms with E-state index in [2.05, 4.69) is 10.0 Å². The Bertz CT molecular complexity index is 636. The Morgan fingerprint density at radius 2 is 2.13 bits per heavy atom. The van der Waals surface area contributed by atoms with E-state index >= 15 is 0 Å². The maximum atomic E-state index is 12.3. The van der Waals surface area contributed by atoms with Gasteiger partial charge in [-0.25, -0.2) is 8.42 Å². The second kappa shape index (κ2) is 9.07. The Hall–Kier alpha value is -1.35. The molecular weight excluding hydrogens is 344 g/mol. The van der Waals surface area contributed by atoms with Crippen molar-refractivity contribution < 1.29 is 23.1 Å². The first kappa shape index (κ1) is 19.7. The van der Waals surface area contributed by atoms with Crippen LogP contribution in [0.1, 0.15) is 20.3 Å². The molecule has 130 valence electrons. The van der Waals surface area contributed by atoms with Gasteiger partial charge in [-0.05, 0) is 38.5 Å². The van der Waals surface area contributed by atoms with Gasteiger partial charge in [0.15, 0.2) is 0 Å². The van der Waals surface area contributed by atoms with Crippen LogP contribution >= 0.6 is 11.6 Å². The van der Waals surface area contributed by atoms with Crippen molar-refractivity contribution in [2.75, 3.05) is 19.8 Å². The number of aliphatic hydroxyl groups is 1. The lowest BCUT2D eigenvalue weighted by molar-refractivity contribution is -0.122. The van der Waals surface area contributed by atoms with Crippen molar-refractivity contribution in [2.45, 2.75) is 31.2 Å². The minimum atomic E-state index is -3.89. The van der Waals surface area contributed by atoms with E-state index < -0.39 is 22.0 Å². The maximum absolute atomic E-state index is 12.3. The van der Waals surface area contributed by atoms with Crippen molar-refractivity contribution in [1.82, 2.24) is 10.0 Å². The molecule has 9 heteroatoms. The quantitative estimate of drug-likeness (QED) is 0.565. The number of halogens is 1. The van der Waals surface area contributed by atoms with Gasteiger partial charge in [-0.1, -0.05) is 11.6 Å². The van der Waals surface area contributed by atoms with Crippen LogP contribution < -0.4 is 14.8 Å². The predicted molar refractivity (Wildman–Crippen MR) is 87.1 cm³/mol. The molecule has 0 fully saturated rings. The Morgan fingerprint density at radius 1 is 1.43 bits per heavy atom. The topological polar surface area (TPSA) is 105 Å². The largest absolute Gasteiger partial charge is 0.492 e. The zero-order valence-electron chi connectivity index (χ0n) is 13.0. The molecule has 0 saturated heterocycles. The average molecular weight is 365 g/mol. The minimum absolute atomic E-state index is 0.0505. The van der Waals surface area contributed by atoms with Crippen molar-refractivity contribution in [3.05, 3.63) is 23.2 Å². The van der Waals surface area contributed by atoms with Gasteiger partial charge in [-0.2, -0.15) is 4.72 Å². The minimum Gasteiger partial charge on any atom is -0.492 e. The van der Waals surface area contributed by atoms with Gasteiger partial charge in [-0.3, -0.25) is 4.79 Å². The number of ether oxygens (including phenoxy) is 1. The maximum Gasteiger partial charge on any atom is 0.241 e. The van der Waals surface area contributed by atoms with E-state index in [1.165, 1.54) is 25.1 Å². The van der Waals surface area contributed by atoms with Gasteiger partial charge < -0.3 is 15.2 Å². The summed E-state index contributed by atoms with van der Waals surface area (Å²) < 4.78 is 32.1. The summed E-state index contributed by atoms with van der Waals surface area (Å²) in [5.41, 5.74) is 0. The van der Waals surface area contributed by atoms with Gasteiger partial charge in [0.1, 0.15) is 5.75 Å². The van der Waals surface area contributed by atoms with Crippen molar-refractivity contribution in [1.29, 1.82) is 0 Å². The molecule has 1 rings (SSSR count). The number of carbonyl (C=O) groups excluding carboxylic acids is 1. The molecule has 23 heavy (non-hydrogen) atoms. The fourth-order valence-corrected chi connectivity index (χ4v) is 3.25. The normalized spacial score (nSPS) is 12.7. The van der Waals surface area contributed by atoms with Crippen LogP contribution in [0.25, 0.3) is 0 Å². The summed E-state index contributed by atoms with van der Waals surface area (Å²) in [6.07, 6.45) is 0.402. The third-order valence-corrected chi connectivity index (χ3v) is 4.71. The van der Waals surface area contributed by atoms with Crippen molar-refractivity contribution in [2.24, 2.45) is 0 Å². The average Bonchev–Trinajstić information content (AvgIpc) is 2.49. The van der Waals surface area contributed by atoms with Crippen LogP contribution in [0, 0.1) is 0 Å². The molecular formula is C14H21ClN2O5S. The second-order valence-electron chi connectivity index (χ2n) is 4.74. The molecule has 0 bridgehead atoms. The molecule has 0 unspecified atom stereocenters. The van der Waals surface area contributed by atoms with Gasteiger partial charge in [0, 0.05) is 13.2 Å². The van der Waals surface area contributed by atoms with Gasteiger partial charge in [0.25, 0.3) is 0 Å². The molecule has 0 aromatic heterocycles. The van der Waals surface area contributed by atoms with Crippen molar-refractivity contribution in [3.8, 4) is 5.75 Å². The van der Waals surface area contributed by atoms with E-state index in [1.807, 2.05) is 0 Å². The lowest BCUT2D eigenvalue weighted by Gasteiger charge is -2.15. The zero-order chi connectivity index (χ0) is 17.5. The molecule has 0 saturated carbocycles. The van der Waals surface area contributed by atoms with Gasteiger partial charge in [0.05, 0.1) is 22.6 Å². The first-order valence-electron chi connectivity index (χ1n) is 7.15. The van der Waals surface area contributed by atoms with Crippen molar-refractivity contribution in [3.63, 3.8) is 0 Å². The summed E-state index contributed by atoms with van der Waals surface area (Å²) in [7, 11) is -3.89. The van der Waals surface area contributed by atoms with Crippen molar-refractivity contribution >= 4 is 27.5 Å². The molecule has 1 aromatic rings. The third-order valence-electron chi connectivity index (χ3n) is 2.87. The standard InChI is InChI=1S/C14H21ClN2O5S/c1-3-22-13-6-5-11(9-12(13)15)23(20,21)17-10(2)14(19)16-7-4-8-18/h5-6,9-10,17-18H,3-4,7-8H2,1-2H3,(H,16,19)/t10-/m0/s1. The van der Waals surface area contributed by atoms with Gasteiger partial charge in [0.2, 0.25) is 15.9 Å². The summed E-state index contributed by atoms with van der Waals surface area (Å²) in [5.74, 6) is -0.0815. The highest BCUT2D eigenvalue weighted by molar-refractivity contribution is 7.89. The van der Waals surface area contributed by atoms with E-state index in [4.69, 9.17) is 21.4 Å². The molecule has 0 heterocycles. The lowest BCUT2D eigenvalue weighted by atomic mass is 10.3. The number of nitrogens with one attached hydrogen (secondary N) is 2. The van der Waals surface area contributed by atoms with Crippen LogP contribution in [0.2, 0.25) is 5.02 Å². The molecule has 0 aliphatic rings. The van der Waals surface area contributed by atoms with Crippen LogP contribution in [-0.4, -0.2) is 45.2 Å². The monoisotopic (exact) mass is 364 g/mol. The molecule has 7 nitrogen and oxygen atoms in total. The summed E-state index contributed by atoms with van der Waals surface area (Å²) in [4.78, 5) is 11.7. The summed E-state index contributed by atoms with van der Waals surface area (Å²) >= 11 is 5.98. The van der Waals surface area contributed by atoms with E-state index in [0.29, 0.717) is 18.8 Å². The number of rotatable bonds is 9. The van der Waals surface area contributed by atoms with E-state index in [1.54, 1.807) is 6.92 Å². The predicted octanol–water partition coefficient (Wildman–Crippen LogP) is 0.904. The summed E-state index contributed by atoms with van der Waals surface area (Å²) in [6, 6.07) is 3.14. The SMILES string of the molecule is CCOc1ccc(S(=O)(=O)N[C@@H](C)C(=O)NCCCO)cc1Cl. The molecule has 0 radical (unpaired) electrons. The summed E-state index contributed by atoms with van der Waals surface area (Å²) in [5, 5.41) is 11.4. The zero-order valence-corrected chi connectivity index (χ0v) is 14.6. The van der Waals surface area contributed by atoms with E-state index in [-0.39, 0.29) is 23.1 Å². The number of sulfonamides is 1. The van der Waals surface area contributed by atoms with Gasteiger partial charge in [-0.15, -0.1) is 0 Å². The Labute approximate surface area is 141 Å². The number of carbonyl (C=O) groups is 1. The molecule has 3 N–H and O–H groups in total. The third kappa shape index (κ3) is 5.98. The number of amides is 1. The highest BCUT2D eigenvalue weighted by Crippen LogP contribution is 2.27. The fraction of sp³-hybridized carbons (Fsp3) is 0.500. The number of benzene rings is 1.